The van der Waals surface area contributed by atoms with Crippen molar-refractivity contribution in [1.82, 2.24) is 5.32 Å². The second-order valence-corrected chi connectivity index (χ2v) is 21.7. The van der Waals surface area contributed by atoms with Gasteiger partial charge < -0.3 is 20.3 Å². The molecule has 0 fully saturated rings. The van der Waals surface area contributed by atoms with Crippen LogP contribution in [0.2, 0.25) is 0 Å². The van der Waals surface area contributed by atoms with Crippen LogP contribution in [0.5, 0.6) is 0 Å². The fourth-order valence-corrected chi connectivity index (χ4v) is 9.87. The Morgan fingerprint density at radius 2 is 0.671 bits per heavy atom. The van der Waals surface area contributed by atoms with Crippen LogP contribution in [-0.2, 0) is 14.3 Å². The number of carbonyl (C=O) groups excluding carboxylic acids is 2. The van der Waals surface area contributed by atoms with Crippen molar-refractivity contribution >= 4 is 11.9 Å². The summed E-state index contributed by atoms with van der Waals surface area (Å²) in [6, 6.07) is -0.538. The Morgan fingerprint density at radius 3 is 1.03 bits per heavy atom. The quantitative estimate of drug-likeness (QED) is 0.0321. The predicted octanol–water partition coefficient (Wildman–Crippen LogP) is 19.8. The van der Waals surface area contributed by atoms with Gasteiger partial charge in [-0.05, 0) is 77.0 Å². The average Bonchev–Trinajstić information content (AvgIpc) is 3.36. The summed E-state index contributed by atoms with van der Waals surface area (Å²) in [5.74, 6) is -0.0260. The number of allylic oxidation sites excluding steroid dienone is 4. The first-order valence-electron chi connectivity index (χ1n) is 31.6. The van der Waals surface area contributed by atoms with Gasteiger partial charge in [-0.2, -0.15) is 0 Å². The standard InChI is InChI=1S/C64H123NO5/c1-3-5-7-9-11-13-15-34-38-42-46-50-54-58-64(69)70-59-55-51-47-43-39-36-33-31-29-27-25-23-21-19-17-16-18-20-22-24-26-28-30-32-35-37-41-45-49-53-57-63(68)65-61(60-66)62(67)56-52-48-44-40-14-12-10-8-6-4-2/h13,15,17,19,61-62,66-67H,3-12,14,16,18,20-60H2,1-2H3,(H,65,68)/b15-13-,19-17-. The molecular formula is C64H123NO5. The Balaban J connectivity index is 3.34. The van der Waals surface area contributed by atoms with Gasteiger partial charge in [0, 0.05) is 12.8 Å². The van der Waals surface area contributed by atoms with Gasteiger partial charge in [-0.3, -0.25) is 9.59 Å². The fourth-order valence-electron chi connectivity index (χ4n) is 9.87. The molecular weight excluding hydrogens is 863 g/mol. The highest BCUT2D eigenvalue weighted by Gasteiger charge is 2.20. The SMILES string of the molecule is CCCCCC/C=C\CCCCCCCC(=O)OCCCCCCCCCCCCCC/C=C\CCCCCCCCCCCCCCCCC(=O)NC(CO)C(O)CCCCCCCCCCCC. The van der Waals surface area contributed by atoms with Gasteiger partial charge in [-0.1, -0.05) is 282 Å². The number of nitrogens with one attached hydrogen (secondary N) is 1. The number of carbonyl (C=O) groups is 2. The number of esters is 1. The Kier molecular flexibility index (Phi) is 58.5. The van der Waals surface area contributed by atoms with Gasteiger partial charge in [0.2, 0.25) is 5.91 Å². The van der Waals surface area contributed by atoms with Crippen molar-refractivity contribution < 1.29 is 24.5 Å². The van der Waals surface area contributed by atoms with E-state index in [2.05, 4.69) is 43.5 Å². The molecule has 2 atom stereocenters. The molecule has 0 aromatic heterocycles. The molecule has 0 aliphatic carbocycles. The van der Waals surface area contributed by atoms with Gasteiger partial charge in [-0.15, -0.1) is 0 Å². The largest absolute Gasteiger partial charge is 0.466 e. The molecule has 0 saturated heterocycles. The van der Waals surface area contributed by atoms with Crippen LogP contribution in [0.15, 0.2) is 24.3 Å². The van der Waals surface area contributed by atoms with E-state index >= 15 is 0 Å². The summed E-state index contributed by atoms with van der Waals surface area (Å²) in [5, 5.41) is 23.2. The maximum atomic E-state index is 12.4. The molecule has 0 saturated carbocycles. The fraction of sp³-hybridized carbons (Fsp3) is 0.906. The zero-order valence-corrected chi connectivity index (χ0v) is 47.3. The third kappa shape index (κ3) is 55.7. The third-order valence-corrected chi connectivity index (χ3v) is 14.7. The molecule has 0 rings (SSSR count). The van der Waals surface area contributed by atoms with Crippen molar-refractivity contribution in [2.24, 2.45) is 0 Å². The minimum atomic E-state index is -0.661. The van der Waals surface area contributed by atoms with Gasteiger partial charge in [-0.25, -0.2) is 0 Å². The third-order valence-electron chi connectivity index (χ3n) is 14.7. The molecule has 0 bridgehead atoms. The summed E-state index contributed by atoms with van der Waals surface area (Å²) in [6.07, 6.45) is 73.5. The number of hydrogen-bond acceptors (Lipinski definition) is 5. The number of ether oxygens (including phenoxy) is 1. The van der Waals surface area contributed by atoms with E-state index < -0.39 is 12.1 Å². The van der Waals surface area contributed by atoms with E-state index in [-0.39, 0.29) is 18.5 Å². The first-order valence-corrected chi connectivity index (χ1v) is 31.6. The van der Waals surface area contributed by atoms with Crippen molar-refractivity contribution in [3.05, 3.63) is 24.3 Å². The van der Waals surface area contributed by atoms with E-state index in [1.54, 1.807) is 0 Å². The second kappa shape index (κ2) is 59.9. The number of aliphatic hydroxyl groups is 2. The number of rotatable bonds is 59. The van der Waals surface area contributed by atoms with E-state index in [9.17, 15) is 19.8 Å². The summed E-state index contributed by atoms with van der Waals surface area (Å²) >= 11 is 0. The molecule has 70 heavy (non-hydrogen) atoms. The van der Waals surface area contributed by atoms with Gasteiger partial charge >= 0.3 is 5.97 Å². The minimum Gasteiger partial charge on any atom is -0.466 e. The van der Waals surface area contributed by atoms with Crippen LogP contribution in [0.4, 0.5) is 0 Å². The predicted molar refractivity (Wildman–Crippen MR) is 306 cm³/mol. The van der Waals surface area contributed by atoms with Crippen molar-refractivity contribution in [2.75, 3.05) is 13.2 Å². The summed E-state index contributed by atoms with van der Waals surface area (Å²) in [7, 11) is 0. The maximum absolute atomic E-state index is 12.4. The summed E-state index contributed by atoms with van der Waals surface area (Å²) in [5.41, 5.74) is 0. The van der Waals surface area contributed by atoms with Crippen LogP contribution in [-0.4, -0.2) is 47.4 Å². The van der Waals surface area contributed by atoms with Crippen LogP contribution in [0.1, 0.15) is 348 Å². The zero-order valence-electron chi connectivity index (χ0n) is 47.3. The monoisotopic (exact) mass is 986 g/mol. The number of hydrogen-bond donors (Lipinski definition) is 3. The average molecular weight is 987 g/mol. The summed E-state index contributed by atoms with van der Waals surface area (Å²) in [6.45, 7) is 4.94. The van der Waals surface area contributed by atoms with Crippen LogP contribution in [0, 0.1) is 0 Å². The van der Waals surface area contributed by atoms with E-state index in [0.717, 1.165) is 44.9 Å². The zero-order chi connectivity index (χ0) is 50.7. The van der Waals surface area contributed by atoms with Gasteiger partial charge in [0.15, 0.2) is 0 Å². The van der Waals surface area contributed by atoms with Gasteiger partial charge in [0.25, 0.3) is 0 Å². The smallest absolute Gasteiger partial charge is 0.305 e. The van der Waals surface area contributed by atoms with Crippen LogP contribution in [0.3, 0.4) is 0 Å². The molecule has 2 unspecified atom stereocenters. The van der Waals surface area contributed by atoms with Gasteiger partial charge in [0.1, 0.15) is 0 Å². The number of aliphatic hydroxyl groups excluding tert-OH is 2. The van der Waals surface area contributed by atoms with Crippen molar-refractivity contribution in [3.63, 3.8) is 0 Å². The van der Waals surface area contributed by atoms with Crippen molar-refractivity contribution in [1.29, 1.82) is 0 Å². The normalized spacial score (nSPS) is 12.7. The van der Waals surface area contributed by atoms with Crippen molar-refractivity contribution in [3.8, 4) is 0 Å². The Hall–Kier alpha value is -1.66. The molecule has 414 valence electrons. The first-order chi connectivity index (χ1) is 34.5. The summed E-state index contributed by atoms with van der Waals surface area (Å²) in [4.78, 5) is 24.5. The molecule has 0 radical (unpaired) electrons. The topological polar surface area (TPSA) is 95.9 Å². The van der Waals surface area contributed by atoms with Crippen LogP contribution in [0.25, 0.3) is 0 Å². The molecule has 0 aromatic carbocycles. The van der Waals surface area contributed by atoms with E-state index in [1.165, 1.54) is 270 Å². The van der Waals surface area contributed by atoms with Crippen LogP contribution >= 0.6 is 0 Å². The van der Waals surface area contributed by atoms with Gasteiger partial charge in [0.05, 0.1) is 25.4 Å². The highest BCUT2D eigenvalue weighted by Crippen LogP contribution is 2.18. The van der Waals surface area contributed by atoms with Crippen molar-refractivity contribution in [2.45, 2.75) is 360 Å². The molecule has 0 aromatic rings. The molecule has 0 spiro atoms. The first kappa shape index (κ1) is 68.3. The second-order valence-electron chi connectivity index (χ2n) is 21.7. The molecule has 6 nitrogen and oxygen atoms in total. The lowest BCUT2D eigenvalue weighted by Gasteiger charge is -2.22. The summed E-state index contributed by atoms with van der Waals surface area (Å²) < 4.78 is 5.47. The molecule has 6 heteroatoms. The molecule has 1 amide bonds. The molecule has 0 aliphatic rings. The molecule has 3 N–H and O–H groups in total. The molecule has 0 heterocycles. The Morgan fingerprint density at radius 1 is 0.386 bits per heavy atom. The van der Waals surface area contributed by atoms with E-state index in [0.29, 0.717) is 25.9 Å². The van der Waals surface area contributed by atoms with Crippen LogP contribution < -0.4 is 5.32 Å². The lowest BCUT2D eigenvalue weighted by Crippen LogP contribution is -2.45. The minimum absolute atomic E-state index is 0.00795. The Bertz CT molecular complexity index is 1090. The highest BCUT2D eigenvalue weighted by molar-refractivity contribution is 5.76. The maximum Gasteiger partial charge on any atom is 0.305 e. The highest BCUT2D eigenvalue weighted by atomic mass is 16.5. The molecule has 0 aliphatic heterocycles. The van der Waals surface area contributed by atoms with E-state index in [1.807, 2.05) is 0 Å². The lowest BCUT2D eigenvalue weighted by atomic mass is 10.0. The van der Waals surface area contributed by atoms with E-state index in [4.69, 9.17) is 4.74 Å². The number of amides is 1. The lowest BCUT2D eigenvalue weighted by molar-refractivity contribution is -0.143. The Labute approximate surface area is 437 Å². The number of unbranched alkanes of at least 4 members (excludes halogenated alkanes) is 44.